The first kappa shape index (κ1) is 35.8. The molecule has 0 spiro atoms. The van der Waals surface area contributed by atoms with Gasteiger partial charge in [0.25, 0.3) is 5.91 Å². The highest BCUT2D eigenvalue weighted by Crippen LogP contribution is 2.46. The van der Waals surface area contributed by atoms with Gasteiger partial charge in [-0.15, -0.1) is 12.4 Å². The number of anilines is 1. The molecule has 2 atom stereocenters. The molecule has 6 nitrogen and oxygen atoms in total. The number of benzene rings is 4. The van der Waals surface area contributed by atoms with Crippen molar-refractivity contribution in [2.75, 3.05) is 37.7 Å². The van der Waals surface area contributed by atoms with Gasteiger partial charge in [-0.2, -0.15) is 13.2 Å². The molecule has 2 fully saturated rings. The highest BCUT2D eigenvalue weighted by Gasteiger charge is 2.55. The summed E-state index contributed by atoms with van der Waals surface area (Å²) in [7, 11) is 0. The number of hydrogen-bond donors (Lipinski definition) is 2. The van der Waals surface area contributed by atoms with Gasteiger partial charge < -0.3 is 14.5 Å². The van der Waals surface area contributed by atoms with E-state index in [2.05, 4.69) is 15.5 Å². The van der Waals surface area contributed by atoms with Crippen molar-refractivity contribution in [2.45, 2.75) is 30.8 Å². The second-order valence-electron chi connectivity index (χ2n) is 11.5. The monoisotopic (exact) mass is 722 g/mol. The van der Waals surface area contributed by atoms with E-state index in [-0.39, 0.29) is 42.1 Å². The van der Waals surface area contributed by atoms with Crippen LogP contribution >= 0.6 is 35.6 Å². The minimum absolute atomic E-state index is 0. The lowest BCUT2D eigenvalue weighted by atomic mass is 9.94. The lowest BCUT2D eigenvalue weighted by Crippen LogP contribution is -2.62. The number of carbonyl (C=O) groups excluding carboxylic acids is 1. The van der Waals surface area contributed by atoms with Crippen LogP contribution < -0.4 is 20.3 Å². The molecule has 0 bridgehead atoms. The Morgan fingerprint density at radius 2 is 1.35 bits per heavy atom. The maximum atomic E-state index is 14.9. The Morgan fingerprint density at radius 3 is 1.83 bits per heavy atom. The van der Waals surface area contributed by atoms with Crippen LogP contribution in [0, 0.1) is 5.82 Å². The van der Waals surface area contributed by atoms with E-state index in [1.807, 2.05) is 24.3 Å². The third kappa shape index (κ3) is 7.23. The molecule has 2 unspecified atom stereocenters. The molecule has 1 amide bonds. The van der Waals surface area contributed by atoms with Crippen LogP contribution in [0.1, 0.15) is 41.3 Å². The highest BCUT2D eigenvalue weighted by molar-refractivity contribution is 6.30. The fraction of sp³-hybridized carbons (Fsp3) is 0.286. The summed E-state index contributed by atoms with van der Waals surface area (Å²) < 4.78 is 61.0. The number of nitrogens with one attached hydrogen (secondary N) is 2. The summed E-state index contributed by atoms with van der Waals surface area (Å²) in [6.45, 7) is 3.35. The molecule has 254 valence electrons. The molecule has 0 saturated carbocycles. The molecule has 4 aromatic carbocycles. The van der Waals surface area contributed by atoms with E-state index < -0.39 is 29.5 Å². The molecule has 13 heteroatoms. The Bertz CT molecular complexity index is 1660. The average molecular weight is 724 g/mol. The maximum Gasteiger partial charge on any atom is 0.416 e. The van der Waals surface area contributed by atoms with Crippen LogP contribution in [0.15, 0.2) is 91.0 Å². The van der Waals surface area contributed by atoms with Gasteiger partial charge in [0.2, 0.25) is 0 Å². The summed E-state index contributed by atoms with van der Waals surface area (Å²) in [5, 5.41) is 8.12. The molecule has 48 heavy (non-hydrogen) atoms. The zero-order valence-corrected chi connectivity index (χ0v) is 28.1. The second-order valence-corrected chi connectivity index (χ2v) is 12.4. The molecule has 2 aliphatic heterocycles. The van der Waals surface area contributed by atoms with Crippen molar-refractivity contribution in [3.05, 3.63) is 129 Å². The number of carbonyl (C=O) groups is 1. The molecule has 2 heterocycles. The first-order chi connectivity index (χ1) is 22.5. The van der Waals surface area contributed by atoms with Crippen molar-refractivity contribution in [2.24, 2.45) is 0 Å². The van der Waals surface area contributed by atoms with Crippen LogP contribution in [0.3, 0.4) is 0 Å². The van der Waals surface area contributed by atoms with Gasteiger partial charge >= 0.3 is 6.18 Å². The number of amides is 1. The van der Waals surface area contributed by atoms with E-state index in [9.17, 15) is 22.4 Å². The largest absolute Gasteiger partial charge is 0.493 e. The fourth-order valence-electron chi connectivity index (χ4n) is 6.30. The normalized spacial score (nSPS) is 21.1. The summed E-state index contributed by atoms with van der Waals surface area (Å²) in [5.74, 6) is -0.769. The highest BCUT2D eigenvalue weighted by atomic mass is 35.5. The molecule has 6 rings (SSSR count). The number of nitrogens with zero attached hydrogens (tertiary/aromatic N) is 2. The van der Waals surface area contributed by atoms with Crippen LogP contribution in [0.4, 0.5) is 23.2 Å². The van der Waals surface area contributed by atoms with Gasteiger partial charge in [-0.05, 0) is 78.7 Å². The lowest BCUT2D eigenvalue weighted by molar-refractivity contribution is -0.140. The Balaban J connectivity index is 0.00000451. The maximum absolute atomic E-state index is 14.9. The number of halogens is 7. The average Bonchev–Trinajstić information content (AvgIpc) is 3.47. The molecule has 2 N–H and O–H groups in total. The minimum atomic E-state index is -4.62. The third-order valence-electron chi connectivity index (χ3n) is 8.63. The molecule has 4 aromatic rings. The lowest BCUT2D eigenvalue weighted by Gasteiger charge is -2.41. The van der Waals surface area contributed by atoms with E-state index in [1.165, 1.54) is 18.2 Å². The fourth-order valence-corrected chi connectivity index (χ4v) is 6.55. The van der Waals surface area contributed by atoms with Crippen molar-refractivity contribution in [3.63, 3.8) is 0 Å². The number of hydrogen-bond acceptors (Lipinski definition) is 5. The predicted octanol–water partition coefficient (Wildman–Crippen LogP) is 8.15. The standard InChI is InChI=1S/C35H32Cl2F4N4O2.ClH/c1-2-47-30-21-24(35(39,40)41)7-16-29(30)34(33(46)45-19-17-44(18-20-45)28-14-12-27(38)13-15-28)42-31(22-3-8-25(36)9-4-22)32(43-34)23-5-10-26(37)11-6-23;/h3-16,21,31-32,42-43H,2,17-20H2,1H3;1H. The third-order valence-corrected chi connectivity index (χ3v) is 9.13. The van der Waals surface area contributed by atoms with E-state index in [0.717, 1.165) is 28.9 Å². The van der Waals surface area contributed by atoms with E-state index in [1.54, 1.807) is 48.2 Å². The molecule has 0 aromatic heterocycles. The van der Waals surface area contributed by atoms with Gasteiger partial charge in [0, 0.05) is 47.5 Å². The number of ether oxygens (including phenoxy) is 1. The van der Waals surface area contributed by atoms with Crippen molar-refractivity contribution in [1.29, 1.82) is 0 Å². The SMILES string of the molecule is CCOc1cc(C(F)(F)F)ccc1C1(C(=O)N2CCN(c3ccc(F)cc3)CC2)NC(c2ccc(Cl)cc2)C(c2ccc(Cl)cc2)N1.Cl. The quantitative estimate of drug-likeness (QED) is 0.189. The van der Waals surface area contributed by atoms with Crippen molar-refractivity contribution >= 4 is 47.2 Å². The van der Waals surface area contributed by atoms with Crippen LogP contribution in [0.25, 0.3) is 0 Å². The first-order valence-electron chi connectivity index (χ1n) is 15.2. The van der Waals surface area contributed by atoms with E-state index in [0.29, 0.717) is 36.2 Å². The Kier molecular flexibility index (Phi) is 10.8. The zero-order chi connectivity index (χ0) is 33.3. The predicted molar refractivity (Wildman–Crippen MR) is 181 cm³/mol. The van der Waals surface area contributed by atoms with Gasteiger partial charge in [-0.1, -0.05) is 53.5 Å². The Morgan fingerprint density at radius 1 is 0.833 bits per heavy atom. The van der Waals surface area contributed by atoms with Crippen molar-refractivity contribution in [1.82, 2.24) is 15.5 Å². The molecule has 2 aliphatic rings. The molecule has 0 aliphatic carbocycles. The molecular weight excluding hydrogens is 691 g/mol. The van der Waals surface area contributed by atoms with Crippen LogP contribution in [0.2, 0.25) is 10.0 Å². The van der Waals surface area contributed by atoms with Gasteiger partial charge in [-0.25, -0.2) is 4.39 Å². The number of piperazine rings is 1. The minimum Gasteiger partial charge on any atom is -0.493 e. The van der Waals surface area contributed by atoms with Crippen LogP contribution in [-0.2, 0) is 16.6 Å². The second kappa shape index (κ2) is 14.5. The topological polar surface area (TPSA) is 56.8 Å². The summed E-state index contributed by atoms with van der Waals surface area (Å²) >= 11 is 12.4. The first-order valence-corrected chi connectivity index (χ1v) is 15.9. The van der Waals surface area contributed by atoms with Gasteiger partial charge in [-0.3, -0.25) is 15.4 Å². The van der Waals surface area contributed by atoms with Gasteiger partial charge in [0.1, 0.15) is 11.6 Å². The van der Waals surface area contributed by atoms with E-state index >= 15 is 0 Å². The molecular formula is C35H33Cl3F4N4O2. The Labute approximate surface area is 292 Å². The Hall–Kier alpha value is -3.54. The molecule has 0 radical (unpaired) electrons. The summed E-state index contributed by atoms with van der Waals surface area (Å²) in [5.41, 5.74) is 0.0965. The summed E-state index contributed by atoms with van der Waals surface area (Å²) in [4.78, 5) is 18.7. The van der Waals surface area contributed by atoms with Crippen LogP contribution in [0.5, 0.6) is 5.75 Å². The van der Waals surface area contributed by atoms with Gasteiger partial charge in [0.05, 0.1) is 24.3 Å². The zero-order valence-electron chi connectivity index (χ0n) is 25.7. The number of alkyl halides is 3. The van der Waals surface area contributed by atoms with Gasteiger partial charge in [0.15, 0.2) is 5.66 Å². The number of rotatable bonds is 7. The van der Waals surface area contributed by atoms with E-state index in [4.69, 9.17) is 27.9 Å². The summed E-state index contributed by atoms with van der Waals surface area (Å²) in [6.07, 6.45) is -4.62. The van der Waals surface area contributed by atoms with Crippen molar-refractivity contribution in [3.8, 4) is 5.75 Å². The van der Waals surface area contributed by atoms with Crippen molar-refractivity contribution < 1.29 is 27.1 Å². The summed E-state index contributed by atoms with van der Waals surface area (Å²) in [6, 6.07) is 22.7. The molecule has 2 saturated heterocycles. The van der Waals surface area contributed by atoms with Crippen LogP contribution in [-0.4, -0.2) is 43.6 Å². The smallest absolute Gasteiger partial charge is 0.416 e.